The van der Waals surface area contributed by atoms with E-state index in [4.69, 9.17) is 10.00 Å². The number of nitrogens with one attached hydrogen (secondary N) is 1. The lowest BCUT2D eigenvalue weighted by molar-refractivity contribution is -0.164. The first-order chi connectivity index (χ1) is 14.0. The topological polar surface area (TPSA) is 62.1 Å². The summed E-state index contributed by atoms with van der Waals surface area (Å²) in [5.41, 5.74) is 2.99. The van der Waals surface area contributed by atoms with E-state index >= 15 is 0 Å². The van der Waals surface area contributed by atoms with E-state index in [0.29, 0.717) is 17.0 Å². The molecular formula is C26H32N2O2. The first-order valence-corrected chi connectivity index (χ1v) is 10.6. The zero-order chi connectivity index (χ0) is 22.3. The van der Waals surface area contributed by atoms with Crippen LogP contribution in [-0.2, 0) is 0 Å². The van der Waals surface area contributed by atoms with Crippen LogP contribution in [0.1, 0.15) is 74.5 Å². The average molecular weight is 405 g/mol. The molecule has 0 unspecified atom stereocenters. The molecule has 1 aliphatic carbocycles. The fourth-order valence-electron chi connectivity index (χ4n) is 5.00. The third-order valence-electron chi connectivity index (χ3n) is 6.53. The predicted molar refractivity (Wildman–Crippen MR) is 120 cm³/mol. The summed E-state index contributed by atoms with van der Waals surface area (Å²) in [4.78, 5) is 12.9. The minimum Gasteiger partial charge on any atom is -0.489 e. The maximum atomic E-state index is 12.9. The molecule has 1 amide bonds. The molecule has 0 bridgehead atoms. The quantitative estimate of drug-likeness (QED) is 0.705. The molecule has 30 heavy (non-hydrogen) atoms. The number of carbonyl (C=O) groups is 1. The van der Waals surface area contributed by atoms with Gasteiger partial charge in [-0.1, -0.05) is 53.7 Å². The molecule has 2 aromatic carbocycles. The minimum absolute atomic E-state index is 0.0215. The predicted octanol–water partition coefficient (Wildman–Crippen LogP) is 5.60. The summed E-state index contributed by atoms with van der Waals surface area (Å²) in [6.07, 6.45) is -0.0639. The van der Waals surface area contributed by atoms with E-state index in [1.165, 1.54) is 5.56 Å². The molecule has 4 nitrogen and oxygen atoms in total. The first kappa shape index (κ1) is 21.9. The van der Waals surface area contributed by atoms with Gasteiger partial charge in [-0.05, 0) is 54.3 Å². The zero-order valence-corrected chi connectivity index (χ0v) is 19.0. The van der Waals surface area contributed by atoms with Crippen LogP contribution in [0.4, 0.5) is 0 Å². The second-order valence-corrected chi connectivity index (χ2v) is 9.91. The number of hydrogen-bond acceptors (Lipinski definition) is 3. The van der Waals surface area contributed by atoms with Crippen molar-refractivity contribution in [1.82, 2.24) is 5.32 Å². The second kappa shape index (κ2) is 7.80. The number of hydrogen-bond donors (Lipinski definition) is 1. The Labute approximate surface area is 180 Å². The highest BCUT2D eigenvalue weighted by molar-refractivity contribution is 5.94. The van der Waals surface area contributed by atoms with Crippen molar-refractivity contribution in [3.8, 4) is 11.8 Å². The van der Waals surface area contributed by atoms with E-state index in [1.54, 1.807) is 6.07 Å². The largest absolute Gasteiger partial charge is 0.489 e. The highest BCUT2D eigenvalue weighted by atomic mass is 16.5. The summed E-state index contributed by atoms with van der Waals surface area (Å²) in [5.74, 6) is 1.14. The molecule has 1 aliphatic rings. The van der Waals surface area contributed by atoms with E-state index in [1.807, 2.05) is 43.3 Å². The van der Waals surface area contributed by atoms with Crippen LogP contribution in [0.15, 0.2) is 42.5 Å². The summed E-state index contributed by atoms with van der Waals surface area (Å²) in [6.45, 7) is 14.7. The van der Waals surface area contributed by atoms with Crippen LogP contribution in [0.25, 0.3) is 0 Å². The van der Waals surface area contributed by atoms with E-state index in [9.17, 15) is 4.79 Å². The number of amides is 1. The van der Waals surface area contributed by atoms with Gasteiger partial charge in [0.2, 0.25) is 0 Å². The van der Waals surface area contributed by atoms with Gasteiger partial charge in [0.05, 0.1) is 11.6 Å². The van der Waals surface area contributed by atoms with Gasteiger partial charge in [-0.15, -0.1) is 0 Å². The summed E-state index contributed by atoms with van der Waals surface area (Å²) in [5, 5.41) is 12.4. The van der Waals surface area contributed by atoms with E-state index in [-0.39, 0.29) is 28.9 Å². The summed E-state index contributed by atoms with van der Waals surface area (Å²) in [6, 6.07) is 15.6. The van der Waals surface area contributed by atoms with Gasteiger partial charge in [0.25, 0.3) is 5.91 Å². The highest BCUT2D eigenvalue weighted by Gasteiger charge is 2.64. The van der Waals surface area contributed by atoms with Crippen LogP contribution < -0.4 is 10.1 Å². The van der Waals surface area contributed by atoms with Crippen LogP contribution in [0, 0.1) is 29.1 Å². The number of nitriles is 1. The van der Waals surface area contributed by atoms with Gasteiger partial charge in [-0.25, -0.2) is 0 Å². The van der Waals surface area contributed by atoms with Crippen molar-refractivity contribution < 1.29 is 9.53 Å². The molecule has 1 saturated carbocycles. The molecule has 0 spiro atoms. The highest BCUT2D eigenvalue weighted by Crippen LogP contribution is 2.55. The Morgan fingerprint density at radius 3 is 2.17 bits per heavy atom. The lowest BCUT2D eigenvalue weighted by atomic mass is 9.49. The van der Waals surface area contributed by atoms with Crippen LogP contribution in [-0.4, -0.2) is 18.1 Å². The first-order valence-electron chi connectivity index (χ1n) is 10.6. The molecule has 0 heterocycles. The van der Waals surface area contributed by atoms with Gasteiger partial charge in [-0.3, -0.25) is 4.79 Å². The number of ether oxygens (including phenoxy) is 1. The van der Waals surface area contributed by atoms with Gasteiger partial charge in [-0.2, -0.15) is 5.26 Å². The fourth-order valence-corrected chi connectivity index (χ4v) is 5.00. The number of nitrogens with zero attached hydrogens (tertiary/aromatic N) is 1. The maximum absolute atomic E-state index is 12.9. The average Bonchev–Trinajstić information content (AvgIpc) is 2.69. The molecule has 1 fully saturated rings. The van der Waals surface area contributed by atoms with Crippen molar-refractivity contribution in [2.24, 2.45) is 10.8 Å². The molecule has 0 aromatic heterocycles. The SMILES string of the molecule is Cc1cc(OC2C(C)(C)C(NC(=O)c3ccc(C(C)C)cc3)C2(C)C)ccc1C#N. The van der Waals surface area contributed by atoms with Crippen LogP contribution >= 0.6 is 0 Å². The van der Waals surface area contributed by atoms with Crippen molar-refractivity contribution in [2.45, 2.75) is 66.5 Å². The molecule has 158 valence electrons. The molecule has 4 heteroatoms. The monoisotopic (exact) mass is 404 g/mol. The summed E-state index contributed by atoms with van der Waals surface area (Å²) in [7, 11) is 0. The Kier molecular flexibility index (Phi) is 5.69. The molecule has 0 atom stereocenters. The molecule has 0 radical (unpaired) electrons. The van der Waals surface area contributed by atoms with Crippen molar-refractivity contribution in [2.75, 3.05) is 0 Å². The minimum atomic E-state index is -0.237. The number of benzene rings is 2. The fraction of sp³-hybridized carbons (Fsp3) is 0.462. The Hall–Kier alpha value is -2.80. The molecular weight excluding hydrogens is 372 g/mol. The third-order valence-corrected chi connectivity index (χ3v) is 6.53. The summed E-state index contributed by atoms with van der Waals surface area (Å²) >= 11 is 0. The smallest absolute Gasteiger partial charge is 0.251 e. The molecule has 0 aliphatic heterocycles. The van der Waals surface area contributed by atoms with Crippen molar-refractivity contribution >= 4 is 5.91 Å². The number of aryl methyl sites for hydroxylation is 1. The Bertz CT molecular complexity index is 965. The third kappa shape index (κ3) is 3.81. The van der Waals surface area contributed by atoms with E-state index in [2.05, 4.69) is 52.9 Å². The Morgan fingerprint density at radius 1 is 1.07 bits per heavy atom. The van der Waals surface area contributed by atoms with Crippen molar-refractivity contribution in [3.63, 3.8) is 0 Å². The number of rotatable bonds is 5. The van der Waals surface area contributed by atoms with Crippen LogP contribution in [0.5, 0.6) is 5.75 Å². The normalized spacial score (nSPS) is 21.4. The molecule has 2 aromatic rings. The standard InChI is InChI=1S/C26H32N2O2/c1-16(2)18-8-10-19(11-9-18)22(29)28-23-25(4,5)24(26(23,6)7)30-21-13-12-20(15-27)17(3)14-21/h8-14,16,23-24H,1-7H3,(H,28,29). The molecule has 0 saturated heterocycles. The van der Waals surface area contributed by atoms with Crippen LogP contribution in [0.2, 0.25) is 0 Å². The second-order valence-electron chi connectivity index (χ2n) is 9.91. The Balaban J connectivity index is 1.74. The van der Waals surface area contributed by atoms with Gasteiger partial charge in [0, 0.05) is 22.4 Å². The lowest BCUT2D eigenvalue weighted by Crippen LogP contribution is -2.74. The van der Waals surface area contributed by atoms with Gasteiger partial charge in [0.15, 0.2) is 0 Å². The molecule has 3 rings (SSSR count). The lowest BCUT2D eigenvalue weighted by Gasteiger charge is -2.63. The van der Waals surface area contributed by atoms with Gasteiger partial charge < -0.3 is 10.1 Å². The van der Waals surface area contributed by atoms with Crippen molar-refractivity contribution in [3.05, 3.63) is 64.7 Å². The molecule has 1 N–H and O–H groups in total. The maximum Gasteiger partial charge on any atom is 0.251 e. The van der Waals surface area contributed by atoms with Gasteiger partial charge >= 0.3 is 0 Å². The number of carbonyl (C=O) groups excluding carboxylic acids is 1. The van der Waals surface area contributed by atoms with Gasteiger partial charge in [0.1, 0.15) is 11.9 Å². The summed E-state index contributed by atoms with van der Waals surface area (Å²) < 4.78 is 6.36. The zero-order valence-electron chi connectivity index (χ0n) is 19.0. The van der Waals surface area contributed by atoms with E-state index in [0.717, 1.165) is 11.3 Å². The van der Waals surface area contributed by atoms with Crippen LogP contribution in [0.3, 0.4) is 0 Å². The van der Waals surface area contributed by atoms with E-state index < -0.39 is 0 Å². The Morgan fingerprint density at radius 2 is 1.67 bits per heavy atom. The van der Waals surface area contributed by atoms with Crippen molar-refractivity contribution in [1.29, 1.82) is 5.26 Å².